The first-order valence-electron chi connectivity index (χ1n) is 5.18. The molecule has 92 valence electrons. The van der Waals surface area contributed by atoms with Crippen molar-refractivity contribution < 1.29 is 9.90 Å². The smallest absolute Gasteiger partial charge is 0.227 e. The third-order valence-electron chi connectivity index (χ3n) is 2.79. The third-order valence-corrected chi connectivity index (χ3v) is 3.30. The van der Waals surface area contributed by atoms with Crippen LogP contribution in [0.25, 0.3) is 0 Å². The number of nitrogens with zero attached hydrogens (tertiary/aromatic N) is 1. The Labute approximate surface area is 109 Å². The molecule has 1 amide bonds. The Morgan fingerprint density at radius 2 is 2.18 bits per heavy atom. The van der Waals surface area contributed by atoms with Gasteiger partial charge in [0.25, 0.3) is 0 Å². The van der Waals surface area contributed by atoms with Gasteiger partial charge in [0.05, 0.1) is 16.4 Å². The lowest BCUT2D eigenvalue weighted by Gasteiger charge is -2.20. The summed E-state index contributed by atoms with van der Waals surface area (Å²) in [6.45, 7) is 0.411. The van der Waals surface area contributed by atoms with Crippen molar-refractivity contribution in [3.63, 3.8) is 0 Å². The molecule has 1 aliphatic rings. The molecule has 0 radical (unpaired) electrons. The van der Waals surface area contributed by atoms with Gasteiger partial charge in [-0.05, 0) is 12.1 Å². The number of rotatable bonds is 2. The molecule has 0 aromatic heterocycles. The van der Waals surface area contributed by atoms with Gasteiger partial charge in [0, 0.05) is 30.5 Å². The number of aliphatic hydroxyl groups excluding tert-OH is 1. The molecule has 2 rings (SSSR count). The number of carbonyl (C=O) groups is 1. The first-order valence-corrected chi connectivity index (χ1v) is 5.94. The first kappa shape index (κ1) is 12.5. The van der Waals surface area contributed by atoms with E-state index < -0.39 is 0 Å². The maximum Gasteiger partial charge on any atom is 0.227 e. The molecule has 1 heterocycles. The minimum atomic E-state index is -0.0834. The minimum absolute atomic E-state index is 0.0205. The summed E-state index contributed by atoms with van der Waals surface area (Å²) in [5.41, 5.74) is 6.68. The summed E-state index contributed by atoms with van der Waals surface area (Å²) in [5.74, 6) is -0.145. The van der Waals surface area contributed by atoms with E-state index in [4.69, 9.17) is 34.0 Å². The van der Waals surface area contributed by atoms with Crippen molar-refractivity contribution in [2.75, 3.05) is 23.8 Å². The quantitative estimate of drug-likeness (QED) is 0.810. The van der Waals surface area contributed by atoms with Crippen LogP contribution >= 0.6 is 23.2 Å². The average Bonchev–Trinajstić information content (AvgIpc) is 2.59. The summed E-state index contributed by atoms with van der Waals surface area (Å²) in [4.78, 5) is 13.3. The molecule has 0 spiro atoms. The largest absolute Gasteiger partial charge is 0.397 e. The van der Waals surface area contributed by atoms with Crippen molar-refractivity contribution in [2.24, 2.45) is 5.92 Å². The van der Waals surface area contributed by atoms with Crippen molar-refractivity contribution in [3.8, 4) is 0 Å². The van der Waals surface area contributed by atoms with Gasteiger partial charge >= 0.3 is 0 Å². The van der Waals surface area contributed by atoms with Crippen LogP contribution in [0.5, 0.6) is 0 Å². The Balaban J connectivity index is 2.38. The number of hydrogen-bond acceptors (Lipinski definition) is 3. The van der Waals surface area contributed by atoms with Crippen molar-refractivity contribution in [1.82, 2.24) is 0 Å². The maximum absolute atomic E-state index is 11.8. The highest BCUT2D eigenvalue weighted by Gasteiger charge is 2.32. The lowest BCUT2D eigenvalue weighted by Crippen LogP contribution is -2.26. The second-order valence-electron chi connectivity index (χ2n) is 4.08. The van der Waals surface area contributed by atoms with E-state index in [0.29, 0.717) is 34.4 Å². The molecule has 1 fully saturated rings. The van der Waals surface area contributed by atoms with Crippen LogP contribution in [0.1, 0.15) is 6.42 Å². The number of benzene rings is 1. The number of halogens is 2. The van der Waals surface area contributed by atoms with E-state index in [2.05, 4.69) is 0 Å². The second kappa shape index (κ2) is 4.72. The van der Waals surface area contributed by atoms with E-state index in [-0.39, 0.29) is 18.4 Å². The van der Waals surface area contributed by atoms with Crippen LogP contribution in [-0.2, 0) is 4.79 Å². The minimum Gasteiger partial charge on any atom is -0.397 e. The second-order valence-corrected chi connectivity index (χ2v) is 4.93. The predicted molar refractivity (Wildman–Crippen MR) is 68.4 cm³/mol. The summed E-state index contributed by atoms with van der Waals surface area (Å²) in [7, 11) is 0. The van der Waals surface area contributed by atoms with Crippen molar-refractivity contribution in [1.29, 1.82) is 0 Å². The molecule has 1 aromatic carbocycles. The zero-order valence-corrected chi connectivity index (χ0v) is 10.5. The van der Waals surface area contributed by atoms with Gasteiger partial charge in [-0.25, -0.2) is 0 Å². The molecule has 3 N–H and O–H groups in total. The van der Waals surface area contributed by atoms with Gasteiger partial charge in [-0.15, -0.1) is 0 Å². The molecule has 0 aliphatic carbocycles. The highest BCUT2D eigenvalue weighted by atomic mass is 35.5. The van der Waals surface area contributed by atoms with E-state index in [1.54, 1.807) is 12.1 Å². The molecular weight excluding hydrogens is 263 g/mol. The van der Waals surface area contributed by atoms with E-state index in [9.17, 15) is 4.79 Å². The van der Waals surface area contributed by atoms with E-state index in [1.807, 2.05) is 0 Å². The Hall–Kier alpha value is -0.970. The van der Waals surface area contributed by atoms with Crippen LogP contribution in [0, 0.1) is 5.92 Å². The molecule has 4 nitrogen and oxygen atoms in total. The fraction of sp³-hybridized carbons (Fsp3) is 0.364. The fourth-order valence-electron chi connectivity index (χ4n) is 1.99. The zero-order chi connectivity index (χ0) is 12.6. The third kappa shape index (κ3) is 2.34. The van der Waals surface area contributed by atoms with Gasteiger partial charge in [0.1, 0.15) is 0 Å². The standard InChI is InChI=1S/C11H12Cl2N2O2/c12-7-2-8(13)11(9(14)3-7)15-4-6(5-16)1-10(15)17/h2-3,6,16H,1,4-5,14H2. The first-order chi connectivity index (χ1) is 8.02. The van der Waals surface area contributed by atoms with E-state index >= 15 is 0 Å². The molecule has 6 heteroatoms. The molecule has 1 saturated heterocycles. The Bertz CT molecular complexity index is 442. The Kier molecular flexibility index (Phi) is 3.47. The highest BCUT2D eigenvalue weighted by Crippen LogP contribution is 2.38. The zero-order valence-electron chi connectivity index (χ0n) is 8.99. The number of aliphatic hydroxyl groups is 1. The summed E-state index contributed by atoms with van der Waals surface area (Å²) in [6.07, 6.45) is 0.314. The van der Waals surface area contributed by atoms with Crippen molar-refractivity contribution >= 4 is 40.5 Å². The summed E-state index contributed by atoms with van der Waals surface area (Å²) in [6, 6.07) is 3.11. The van der Waals surface area contributed by atoms with Gasteiger partial charge in [-0.2, -0.15) is 0 Å². The van der Waals surface area contributed by atoms with Gasteiger partial charge in [-0.1, -0.05) is 23.2 Å². The number of carbonyl (C=O) groups excluding carboxylic acids is 1. The summed E-state index contributed by atoms with van der Waals surface area (Å²) >= 11 is 11.9. The molecule has 0 saturated carbocycles. The van der Waals surface area contributed by atoms with Crippen LogP contribution in [0.2, 0.25) is 10.0 Å². The number of nitrogen functional groups attached to an aromatic ring is 1. The van der Waals surface area contributed by atoms with Gasteiger partial charge < -0.3 is 15.7 Å². The maximum atomic E-state index is 11.8. The molecule has 1 unspecified atom stereocenters. The highest BCUT2D eigenvalue weighted by molar-refractivity contribution is 6.37. The SMILES string of the molecule is Nc1cc(Cl)cc(Cl)c1N1CC(CO)CC1=O. The van der Waals surface area contributed by atoms with E-state index in [1.165, 1.54) is 4.90 Å². The Morgan fingerprint density at radius 3 is 2.71 bits per heavy atom. The van der Waals surface area contributed by atoms with Gasteiger partial charge in [0.15, 0.2) is 0 Å². The number of hydrogen-bond donors (Lipinski definition) is 2. The molecule has 1 aliphatic heterocycles. The lowest BCUT2D eigenvalue weighted by atomic mass is 10.1. The van der Waals surface area contributed by atoms with Crippen molar-refractivity contribution in [2.45, 2.75) is 6.42 Å². The van der Waals surface area contributed by atoms with Crippen LogP contribution in [-0.4, -0.2) is 24.2 Å². The fourth-order valence-corrected chi connectivity index (χ4v) is 2.60. The number of anilines is 2. The average molecular weight is 275 g/mol. The van der Waals surface area contributed by atoms with Crippen LogP contribution in [0.3, 0.4) is 0 Å². The van der Waals surface area contributed by atoms with E-state index in [0.717, 1.165) is 0 Å². The topological polar surface area (TPSA) is 66.6 Å². The number of amides is 1. The van der Waals surface area contributed by atoms with Crippen molar-refractivity contribution in [3.05, 3.63) is 22.2 Å². The summed E-state index contributed by atoms with van der Waals surface area (Å²) in [5, 5.41) is 9.85. The molecule has 1 atom stereocenters. The monoisotopic (exact) mass is 274 g/mol. The molecule has 1 aromatic rings. The van der Waals surface area contributed by atoms with Gasteiger partial charge in [-0.3, -0.25) is 4.79 Å². The molecule has 0 bridgehead atoms. The van der Waals surface area contributed by atoms with Gasteiger partial charge in [0.2, 0.25) is 5.91 Å². The molecule has 17 heavy (non-hydrogen) atoms. The molecular formula is C11H12Cl2N2O2. The predicted octanol–water partition coefficient (Wildman–Crippen LogP) is 1.92. The number of nitrogens with two attached hydrogens (primary N) is 1. The van der Waals surface area contributed by atoms with Crippen LogP contribution in [0.4, 0.5) is 11.4 Å². The van der Waals surface area contributed by atoms with Crippen LogP contribution < -0.4 is 10.6 Å². The lowest BCUT2D eigenvalue weighted by molar-refractivity contribution is -0.117. The van der Waals surface area contributed by atoms with Crippen LogP contribution in [0.15, 0.2) is 12.1 Å². The Morgan fingerprint density at radius 1 is 1.47 bits per heavy atom. The summed E-state index contributed by atoms with van der Waals surface area (Å²) < 4.78 is 0. The normalized spacial score (nSPS) is 20.1.